The van der Waals surface area contributed by atoms with Crippen molar-refractivity contribution in [3.05, 3.63) is 29.8 Å². The van der Waals surface area contributed by atoms with Crippen molar-refractivity contribution < 1.29 is 14.3 Å². The van der Waals surface area contributed by atoms with Crippen LogP contribution in [0.1, 0.15) is 52.0 Å². The van der Waals surface area contributed by atoms with Crippen LogP contribution in [-0.4, -0.2) is 18.5 Å². The molecule has 4 nitrogen and oxygen atoms in total. The molecule has 0 spiro atoms. The molecule has 1 atom stereocenters. The molecule has 0 saturated carbocycles. The van der Waals surface area contributed by atoms with Crippen LogP contribution in [0.3, 0.4) is 0 Å². The minimum atomic E-state index is -0.798. The SMILES string of the molecule is CCCCCCc1ccc(NC(=O)C(C)C(=O)OCC)cc1. The van der Waals surface area contributed by atoms with Crippen LogP contribution in [0.25, 0.3) is 0 Å². The molecule has 1 rings (SSSR count). The van der Waals surface area contributed by atoms with E-state index in [9.17, 15) is 9.59 Å². The van der Waals surface area contributed by atoms with E-state index < -0.39 is 11.9 Å². The Morgan fingerprint density at radius 3 is 2.36 bits per heavy atom. The van der Waals surface area contributed by atoms with Crippen molar-refractivity contribution in [2.45, 2.75) is 52.9 Å². The Hall–Kier alpha value is -1.84. The number of anilines is 1. The third kappa shape index (κ3) is 6.29. The lowest BCUT2D eigenvalue weighted by Crippen LogP contribution is -2.28. The largest absolute Gasteiger partial charge is 0.465 e. The quantitative estimate of drug-likeness (QED) is 0.427. The molecule has 4 heteroatoms. The first-order valence-electron chi connectivity index (χ1n) is 8.14. The van der Waals surface area contributed by atoms with Crippen molar-refractivity contribution in [2.75, 3.05) is 11.9 Å². The summed E-state index contributed by atoms with van der Waals surface area (Å²) in [6, 6.07) is 7.81. The molecule has 1 N–H and O–H groups in total. The summed E-state index contributed by atoms with van der Waals surface area (Å²) in [5.74, 6) is -1.63. The van der Waals surface area contributed by atoms with Gasteiger partial charge in [0.25, 0.3) is 0 Å². The van der Waals surface area contributed by atoms with Crippen LogP contribution in [0.5, 0.6) is 0 Å². The second-order valence-corrected chi connectivity index (χ2v) is 5.47. The molecular formula is C18H27NO3. The number of hydrogen-bond acceptors (Lipinski definition) is 3. The lowest BCUT2D eigenvalue weighted by atomic mass is 10.1. The van der Waals surface area contributed by atoms with Gasteiger partial charge in [0, 0.05) is 5.69 Å². The van der Waals surface area contributed by atoms with Gasteiger partial charge in [0.2, 0.25) is 5.91 Å². The van der Waals surface area contributed by atoms with Gasteiger partial charge in [-0.2, -0.15) is 0 Å². The topological polar surface area (TPSA) is 55.4 Å². The van der Waals surface area contributed by atoms with Gasteiger partial charge < -0.3 is 10.1 Å². The number of hydrogen-bond donors (Lipinski definition) is 1. The highest BCUT2D eigenvalue weighted by Crippen LogP contribution is 2.14. The number of ether oxygens (including phenoxy) is 1. The van der Waals surface area contributed by atoms with E-state index in [0.29, 0.717) is 5.69 Å². The molecule has 22 heavy (non-hydrogen) atoms. The van der Waals surface area contributed by atoms with Gasteiger partial charge in [-0.1, -0.05) is 38.3 Å². The van der Waals surface area contributed by atoms with E-state index in [1.807, 2.05) is 24.3 Å². The number of esters is 1. The summed E-state index contributed by atoms with van der Waals surface area (Å²) >= 11 is 0. The summed E-state index contributed by atoms with van der Waals surface area (Å²) in [5.41, 5.74) is 1.98. The average Bonchev–Trinajstić information content (AvgIpc) is 2.52. The van der Waals surface area contributed by atoms with Gasteiger partial charge in [-0.05, 0) is 44.4 Å². The lowest BCUT2D eigenvalue weighted by Gasteiger charge is -2.11. The molecule has 0 aliphatic carbocycles. The Morgan fingerprint density at radius 2 is 1.77 bits per heavy atom. The fourth-order valence-corrected chi connectivity index (χ4v) is 2.14. The molecule has 1 aromatic carbocycles. The highest BCUT2D eigenvalue weighted by molar-refractivity contribution is 6.04. The number of nitrogens with one attached hydrogen (secondary N) is 1. The molecule has 0 saturated heterocycles. The van der Waals surface area contributed by atoms with Gasteiger partial charge in [-0.25, -0.2) is 0 Å². The van der Waals surface area contributed by atoms with E-state index in [1.54, 1.807) is 13.8 Å². The van der Waals surface area contributed by atoms with E-state index in [-0.39, 0.29) is 12.5 Å². The lowest BCUT2D eigenvalue weighted by molar-refractivity contribution is -0.150. The van der Waals surface area contributed by atoms with Crippen molar-refractivity contribution >= 4 is 17.6 Å². The van der Waals surface area contributed by atoms with E-state index >= 15 is 0 Å². The van der Waals surface area contributed by atoms with Gasteiger partial charge in [-0.3, -0.25) is 9.59 Å². The minimum absolute atomic E-state index is 0.281. The van der Waals surface area contributed by atoms with Crippen LogP contribution in [0.2, 0.25) is 0 Å². The van der Waals surface area contributed by atoms with Gasteiger partial charge >= 0.3 is 5.97 Å². The molecule has 0 aliphatic rings. The molecule has 1 amide bonds. The zero-order chi connectivity index (χ0) is 16.4. The summed E-state index contributed by atoms with van der Waals surface area (Å²) in [6.45, 7) is 5.76. The van der Waals surface area contributed by atoms with Crippen LogP contribution < -0.4 is 5.32 Å². The zero-order valence-corrected chi connectivity index (χ0v) is 13.9. The van der Waals surface area contributed by atoms with Crippen molar-refractivity contribution in [2.24, 2.45) is 5.92 Å². The number of unbranched alkanes of at least 4 members (excludes halogenated alkanes) is 3. The Kier molecular flexibility index (Phi) is 8.26. The highest BCUT2D eigenvalue weighted by atomic mass is 16.5. The molecule has 0 heterocycles. The molecule has 1 aromatic rings. The molecule has 0 aromatic heterocycles. The summed E-state index contributed by atoms with van der Waals surface area (Å²) < 4.78 is 4.85. The number of rotatable bonds is 9. The average molecular weight is 305 g/mol. The first-order chi connectivity index (χ1) is 10.6. The molecule has 1 unspecified atom stereocenters. The summed E-state index contributed by atoms with van der Waals surface area (Å²) in [7, 11) is 0. The molecule has 0 fully saturated rings. The van der Waals surface area contributed by atoms with Crippen molar-refractivity contribution in [3.63, 3.8) is 0 Å². The number of carbonyl (C=O) groups excluding carboxylic acids is 2. The minimum Gasteiger partial charge on any atom is -0.465 e. The van der Waals surface area contributed by atoms with Gasteiger partial charge in [0.1, 0.15) is 5.92 Å². The van der Waals surface area contributed by atoms with Crippen LogP contribution in [0.15, 0.2) is 24.3 Å². The van der Waals surface area contributed by atoms with E-state index in [2.05, 4.69) is 12.2 Å². The van der Waals surface area contributed by atoms with Gasteiger partial charge in [-0.15, -0.1) is 0 Å². The van der Waals surface area contributed by atoms with E-state index in [1.165, 1.54) is 31.2 Å². The number of amides is 1. The van der Waals surface area contributed by atoms with Crippen LogP contribution in [0.4, 0.5) is 5.69 Å². The van der Waals surface area contributed by atoms with Crippen molar-refractivity contribution in [1.82, 2.24) is 0 Å². The molecule has 0 aliphatic heterocycles. The monoisotopic (exact) mass is 305 g/mol. The summed E-state index contributed by atoms with van der Waals surface area (Å²) in [6.07, 6.45) is 6.03. The van der Waals surface area contributed by atoms with Gasteiger partial charge in [0.05, 0.1) is 6.61 Å². The third-order valence-corrected chi connectivity index (χ3v) is 3.57. The zero-order valence-electron chi connectivity index (χ0n) is 13.9. The third-order valence-electron chi connectivity index (χ3n) is 3.57. The second-order valence-electron chi connectivity index (χ2n) is 5.47. The first-order valence-corrected chi connectivity index (χ1v) is 8.14. The molecule has 0 bridgehead atoms. The fraction of sp³-hybridized carbons (Fsp3) is 0.556. The fourth-order valence-electron chi connectivity index (χ4n) is 2.14. The Balaban J connectivity index is 2.46. The molecular weight excluding hydrogens is 278 g/mol. The van der Waals surface area contributed by atoms with E-state index in [4.69, 9.17) is 4.74 Å². The maximum Gasteiger partial charge on any atom is 0.318 e. The van der Waals surface area contributed by atoms with Crippen molar-refractivity contribution in [3.8, 4) is 0 Å². The van der Waals surface area contributed by atoms with Crippen LogP contribution in [-0.2, 0) is 20.7 Å². The van der Waals surface area contributed by atoms with Crippen LogP contribution in [0, 0.1) is 5.92 Å². The first kappa shape index (κ1) is 18.2. The maximum atomic E-state index is 11.9. The highest BCUT2D eigenvalue weighted by Gasteiger charge is 2.22. The summed E-state index contributed by atoms with van der Waals surface area (Å²) in [4.78, 5) is 23.5. The Bertz CT molecular complexity index is 468. The molecule has 122 valence electrons. The second kappa shape index (κ2) is 9.98. The van der Waals surface area contributed by atoms with E-state index in [0.717, 1.165) is 6.42 Å². The Labute approximate surface area is 133 Å². The van der Waals surface area contributed by atoms with Crippen LogP contribution >= 0.6 is 0 Å². The standard InChI is InChI=1S/C18H27NO3/c1-4-6-7-8-9-15-10-12-16(13-11-15)19-17(20)14(3)18(21)22-5-2/h10-14H,4-9H2,1-3H3,(H,19,20). The normalized spacial score (nSPS) is 11.8. The smallest absolute Gasteiger partial charge is 0.318 e. The number of carbonyl (C=O) groups is 2. The Morgan fingerprint density at radius 1 is 1.09 bits per heavy atom. The predicted octanol–water partition coefficient (Wildman–Crippen LogP) is 3.95. The predicted molar refractivity (Wildman–Crippen MR) is 88.7 cm³/mol. The van der Waals surface area contributed by atoms with Crippen molar-refractivity contribution in [1.29, 1.82) is 0 Å². The van der Waals surface area contributed by atoms with Gasteiger partial charge in [0.15, 0.2) is 0 Å². The maximum absolute atomic E-state index is 11.9. The molecule has 0 radical (unpaired) electrons. The number of aryl methyl sites for hydroxylation is 1. The summed E-state index contributed by atoms with van der Waals surface area (Å²) in [5, 5.41) is 2.74. The number of benzene rings is 1.